The maximum absolute atomic E-state index is 11.9. The third-order valence-electron chi connectivity index (χ3n) is 6.42. The minimum Gasteiger partial charge on any atom is -0.437 e. The number of hydrogen-bond donors (Lipinski definition) is 2. The van der Waals surface area contributed by atoms with E-state index < -0.39 is 32.0 Å². The fourth-order valence-corrected chi connectivity index (χ4v) is 5.76. The summed E-state index contributed by atoms with van der Waals surface area (Å²) in [6.45, 7) is 1.83. The van der Waals surface area contributed by atoms with Crippen molar-refractivity contribution in [2.24, 2.45) is 0 Å². The molecular formula is C27H23N4O8S2+. The van der Waals surface area contributed by atoms with Gasteiger partial charge in [-0.05, 0) is 35.2 Å². The first kappa shape index (κ1) is 26.8. The highest BCUT2D eigenvalue weighted by molar-refractivity contribution is 7.85. The van der Waals surface area contributed by atoms with Gasteiger partial charge in [0.1, 0.15) is 0 Å². The molecule has 41 heavy (non-hydrogen) atoms. The Kier molecular flexibility index (Phi) is 6.49. The number of aromatic nitrogens is 3. The third kappa shape index (κ3) is 5.50. The lowest BCUT2D eigenvalue weighted by Crippen LogP contribution is -2.39. The van der Waals surface area contributed by atoms with Crippen LogP contribution in [0.4, 0.5) is 5.82 Å². The molecule has 0 amide bonds. The lowest BCUT2D eigenvalue weighted by molar-refractivity contribution is -0.660. The minimum atomic E-state index is -4.48. The standard InChI is InChI=1S/C27H22N4O8S2/c1-2-17(11-24-30(15-40(32,33)34)26-22(38-24)13-18-7-3-5-9-20(18)28-26)12-25-31(16-41(35,36)37)27-23(39-25)14-19-8-4-6-10-21(19)29-27/h3-14H,2,15-16H2,1H3,(H-,32,33,34,35,36,37)/p+1. The summed E-state index contributed by atoms with van der Waals surface area (Å²) in [5, 5.41) is 1.55. The zero-order valence-corrected chi connectivity index (χ0v) is 23.1. The molecule has 1 aliphatic heterocycles. The lowest BCUT2D eigenvalue weighted by Gasteiger charge is -2.16. The summed E-state index contributed by atoms with van der Waals surface area (Å²) in [7, 11) is -8.96. The van der Waals surface area contributed by atoms with Crippen LogP contribution in [0.1, 0.15) is 19.2 Å². The highest BCUT2D eigenvalue weighted by Gasteiger charge is 2.32. The second kappa shape index (κ2) is 9.92. The van der Waals surface area contributed by atoms with E-state index in [0.29, 0.717) is 34.4 Å². The summed E-state index contributed by atoms with van der Waals surface area (Å²) in [6, 6.07) is 17.9. The average Bonchev–Trinajstić information content (AvgIpc) is 3.39. The Labute approximate surface area is 234 Å². The molecule has 4 heterocycles. The second-order valence-corrected chi connectivity index (χ2v) is 12.2. The molecule has 6 rings (SSSR count). The number of oxazole rings is 1. The summed E-state index contributed by atoms with van der Waals surface area (Å²) in [6.07, 6.45) is 3.48. The Morgan fingerprint density at radius 3 is 2.27 bits per heavy atom. The molecule has 0 unspecified atom stereocenters. The Hall–Kier alpha value is -4.37. The monoisotopic (exact) mass is 595 g/mol. The van der Waals surface area contributed by atoms with Crippen LogP contribution in [-0.2, 0) is 26.1 Å². The summed E-state index contributed by atoms with van der Waals surface area (Å²) in [5.41, 5.74) is 2.27. The van der Waals surface area contributed by atoms with Gasteiger partial charge in [0.25, 0.3) is 16.0 Å². The molecule has 2 N–H and O–H groups in total. The van der Waals surface area contributed by atoms with Crippen molar-refractivity contribution in [3.63, 3.8) is 0 Å². The van der Waals surface area contributed by atoms with Gasteiger partial charge in [-0.2, -0.15) is 21.4 Å². The molecule has 0 saturated carbocycles. The van der Waals surface area contributed by atoms with E-state index in [4.69, 9.17) is 9.15 Å². The van der Waals surface area contributed by atoms with Gasteiger partial charge in [0.15, 0.2) is 23.0 Å². The van der Waals surface area contributed by atoms with Crippen LogP contribution in [-0.4, -0.2) is 41.8 Å². The van der Waals surface area contributed by atoms with Crippen molar-refractivity contribution in [1.29, 1.82) is 0 Å². The van der Waals surface area contributed by atoms with Crippen molar-refractivity contribution < 1.29 is 39.7 Å². The molecule has 2 aromatic carbocycles. The molecule has 0 atom stereocenters. The van der Waals surface area contributed by atoms with Crippen LogP contribution < -0.4 is 14.2 Å². The molecule has 0 radical (unpaired) electrons. The van der Waals surface area contributed by atoms with E-state index in [2.05, 4.69) is 9.97 Å². The van der Waals surface area contributed by atoms with Gasteiger partial charge < -0.3 is 9.15 Å². The molecule has 3 aromatic heterocycles. The van der Waals surface area contributed by atoms with E-state index in [-0.39, 0.29) is 23.2 Å². The largest absolute Gasteiger partial charge is 0.437 e. The number of ether oxygens (including phenoxy) is 1. The first-order valence-corrected chi connectivity index (χ1v) is 15.6. The predicted octanol–water partition coefficient (Wildman–Crippen LogP) is 4.04. The number of nitrogens with zero attached hydrogens (tertiary/aromatic N) is 4. The molecular weight excluding hydrogens is 572 g/mol. The molecule has 5 aromatic rings. The lowest BCUT2D eigenvalue weighted by atomic mass is 10.2. The maximum atomic E-state index is 11.9. The smallest absolute Gasteiger partial charge is 0.370 e. The molecule has 0 fully saturated rings. The van der Waals surface area contributed by atoms with E-state index in [1.54, 1.807) is 48.6 Å². The van der Waals surface area contributed by atoms with E-state index in [1.807, 2.05) is 31.2 Å². The molecule has 0 aliphatic carbocycles. The van der Waals surface area contributed by atoms with Crippen LogP contribution in [0.5, 0.6) is 5.75 Å². The normalized spacial score (nSPS) is 15.2. The van der Waals surface area contributed by atoms with Crippen LogP contribution in [0, 0.1) is 0 Å². The molecule has 0 spiro atoms. The predicted molar refractivity (Wildman–Crippen MR) is 151 cm³/mol. The van der Waals surface area contributed by atoms with Gasteiger partial charge in [0.2, 0.25) is 17.3 Å². The molecule has 12 nitrogen and oxygen atoms in total. The highest BCUT2D eigenvalue weighted by Crippen LogP contribution is 2.40. The molecule has 0 saturated heterocycles. The SMILES string of the molecule is CCC(=Cc1oc2cc3ccccc3nc2[n+]1CS(=O)(=O)O)C=C1Oc2cc3ccccc3nc2N1CS(=O)(=O)O. The van der Waals surface area contributed by atoms with Gasteiger partial charge in [-0.15, -0.1) is 0 Å². The first-order valence-electron chi connectivity index (χ1n) is 12.4. The highest BCUT2D eigenvalue weighted by atomic mass is 32.2. The summed E-state index contributed by atoms with van der Waals surface area (Å²) in [5.74, 6) is -0.945. The van der Waals surface area contributed by atoms with Crippen molar-refractivity contribution in [3.05, 3.63) is 84.1 Å². The number of rotatable bonds is 7. The minimum absolute atomic E-state index is 0.0786. The number of allylic oxidation sites excluding steroid dienone is 2. The van der Waals surface area contributed by atoms with Crippen molar-refractivity contribution in [2.75, 3.05) is 10.8 Å². The van der Waals surface area contributed by atoms with E-state index in [0.717, 1.165) is 10.8 Å². The van der Waals surface area contributed by atoms with Crippen molar-refractivity contribution in [3.8, 4) is 5.75 Å². The summed E-state index contributed by atoms with van der Waals surface area (Å²) >= 11 is 0. The topological polar surface area (TPSA) is 164 Å². The number of fused-ring (bicyclic) bond motifs is 4. The number of pyridine rings is 2. The second-order valence-electron chi connectivity index (χ2n) is 9.38. The number of para-hydroxylation sites is 2. The van der Waals surface area contributed by atoms with Crippen LogP contribution in [0.3, 0.4) is 0 Å². The summed E-state index contributed by atoms with van der Waals surface area (Å²) in [4.78, 5) is 10.3. The number of benzene rings is 2. The van der Waals surface area contributed by atoms with Crippen molar-refractivity contribution in [2.45, 2.75) is 19.2 Å². The quantitative estimate of drug-likeness (QED) is 0.206. The fourth-order valence-electron chi connectivity index (χ4n) is 4.61. The summed E-state index contributed by atoms with van der Waals surface area (Å²) < 4.78 is 80.2. The van der Waals surface area contributed by atoms with Gasteiger partial charge in [0.05, 0.1) is 5.52 Å². The van der Waals surface area contributed by atoms with Gasteiger partial charge in [-0.1, -0.05) is 43.3 Å². The van der Waals surface area contributed by atoms with Crippen LogP contribution in [0.2, 0.25) is 0 Å². The van der Waals surface area contributed by atoms with E-state index >= 15 is 0 Å². The third-order valence-corrected chi connectivity index (χ3v) is 7.59. The Morgan fingerprint density at radius 2 is 1.61 bits per heavy atom. The van der Waals surface area contributed by atoms with Crippen molar-refractivity contribution >= 4 is 65.2 Å². The maximum Gasteiger partial charge on any atom is 0.370 e. The number of anilines is 1. The van der Waals surface area contributed by atoms with Gasteiger partial charge >= 0.3 is 15.8 Å². The van der Waals surface area contributed by atoms with E-state index in [9.17, 15) is 25.9 Å². The zero-order chi connectivity index (χ0) is 28.9. The van der Waals surface area contributed by atoms with Crippen LogP contribution in [0.25, 0.3) is 39.1 Å². The molecule has 0 bridgehead atoms. The number of hydrogen-bond acceptors (Lipinski definition) is 9. The molecule has 14 heteroatoms. The Morgan fingerprint density at radius 1 is 0.951 bits per heavy atom. The van der Waals surface area contributed by atoms with Crippen molar-refractivity contribution in [1.82, 2.24) is 9.97 Å². The molecule has 1 aliphatic rings. The van der Waals surface area contributed by atoms with Gasteiger partial charge in [0, 0.05) is 29.0 Å². The van der Waals surface area contributed by atoms with E-state index in [1.165, 1.54) is 9.47 Å². The van der Waals surface area contributed by atoms with Gasteiger partial charge in [-0.25, -0.2) is 4.98 Å². The zero-order valence-electron chi connectivity index (χ0n) is 21.5. The first-order chi connectivity index (χ1) is 19.5. The average molecular weight is 596 g/mol. The van der Waals surface area contributed by atoms with Gasteiger partial charge in [-0.3, -0.25) is 14.0 Å². The Bertz CT molecular complexity index is 2140. The van der Waals surface area contributed by atoms with Crippen LogP contribution in [0.15, 0.2) is 82.6 Å². The molecule has 210 valence electrons. The Balaban J connectivity index is 1.49. The fraction of sp³-hybridized carbons (Fsp3) is 0.148. The van der Waals surface area contributed by atoms with Crippen LogP contribution >= 0.6 is 0 Å².